The minimum atomic E-state index is -0.405. The van der Waals surface area contributed by atoms with E-state index in [2.05, 4.69) is 5.32 Å². The fourth-order valence-corrected chi connectivity index (χ4v) is 3.93. The lowest BCUT2D eigenvalue weighted by Gasteiger charge is -2.29. The van der Waals surface area contributed by atoms with E-state index in [0.29, 0.717) is 12.2 Å². The number of non-ortho nitro benzene ring substituents is 1. The van der Waals surface area contributed by atoms with Crippen molar-refractivity contribution in [1.29, 1.82) is 0 Å². The third-order valence-electron chi connectivity index (χ3n) is 5.23. The van der Waals surface area contributed by atoms with Crippen LogP contribution in [0.25, 0.3) is 0 Å². The molecule has 138 valence electrons. The molecule has 6 nitrogen and oxygen atoms in total. The lowest BCUT2D eigenvalue weighted by atomic mass is 9.92. The van der Waals surface area contributed by atoms with Crippen LogP contribution >= 0.6 is 0 Å². The van der Waals surface area contributed by atoms with E-state index in [1.807, 2.05) is 35.2 Å². The van der Waals surface area contributed by atoms with E-state index in [1.54, 1.807) is 12.1 Å². The van der Waals surface area contributed by atoms with Crippen molar-refractivity contribution in [3.63, 3.8) is 0 Å². The van der Waals surface area contributed by atoms with Crippen LogP contribution in [-0.4, -0.2) is 21.9 Å². The smallest absolute Gasteiger partial charge is 0.271 e. The van der Waals surface area contributed by atoms with Crippen LogP contribution in [0.15, 0.2) is 65.7 Å². The molecule has 4 rings (SSSR count). The van der Waals surface area contributed by atoms with Gasteiger partial charge in [0, 0.05) is 29.9 Å². The van der Waals surface area contributed by atoms with Crippen LogP contribution in [0, 0.1) is 10.1 Å². The largest absolute Gasteiger partial charge is 0.361 e. The highest BCUT2D eigenvalue weighted by molar-refractivity contribution is 5.98. The van der Waals surface area contributed by atoms with E-state index >= 15 is 0 Å². The highest BCUT2D eigenvalue weighted by Gasteiger charge is 2.39. The first kappa shape index (κ1) is 17.3. The molecule has 0 aromatic heterocycles. The second kappa shape index (κ2) is 7.23. The first-order valence-electron chi connectivity index (χ1n) is 9.21. The summed E-state index contributed by atoms with van der Waals surface area (Å²) < 4.78 is 0. The number of anilines is 1. The Morgan fingerprint density at radius 3 is 2.63 bits per heavy atom. The second-order valence-electron chi connectivity index (χ2n) is 6.98. The SMILES string of the molecule is O=C1C2=C(CCCC2)C(Nc2cccc([N+](=O)[O-])c2)N1Cc1ccccc1. The maximum absolute atomic E-state index is 13.0. The van der Waals surface area contributed by atoms with Gasteiger partial charge in [-0.15, -0.1) is 0 Å². The van der Waals surface area contributed by atoms with Gasteiger partial charge in [-0.25, -0.2) is 0 Å². The molecule has 0 saturated heterocycles. The number of amides is 1. The summed E-state index contributed by atoms with van der Waals surface area (Å²) in [5.41, 5.74) is 3.81. The van der Waals surface area contributed by atoms with Crippen LogP contribution in [0.5, 0.6) is 0 Å². The molecular formula is C21H21N3O3. The van der Waals surface area contributed by atoms with Gasteiger partial charge in [0.05, 0.1) is 4.92 Å². The van der Waals surface area contributed by atoms with Gasteiger partial charge in [0.1, 0.15) is 6.17 Å². The number of hydrogen-bond acceptors (Lipinski definition) is 4. The van der Waals surface area contributed by atoms with Gasteiger partial charge < -0.3 is 10.2 Å². The van der Waals surface area contributed by atoms with Crippen LogP contribution in [0.1, 0.15) is 31.2 Å². The van der Waals surface area contributed by atoms with E-state index in [-0.39, 0.29) is 17.8 Å². The molecule has 0 radical (unpaired) electrons. The fraction of sp³-hybridized carbons (Fsp3) is 0.286. The van der Waals surface area contributed by atoms with Gasteiger partial charge in [-0.1, -0.05) is 36.4 Å². The predicted molar refractivity (Wildman–Crippen MR) is 103 cm³/mol. The Bertz CT molecular complexity index is 908. The average molecular weight is 363 g/mol. The van der Waals surface area contributed by atoms with Crippen LogP contribution < -0.4 is 5.32 Å². The second-order valence-corrected chi connectivity index (χ2v) is 6.98. The minimum Gasteiger partial charge on any atom is -0.361 e. The Hall–Kier alpha value is -3.15. The Morgan fingerprint density at radius 2 is 1.85 bits per heavy atom. The number of rotatable bonds is 5. The lowest BCUT2D eigenvalue weighted by Crippen LogP contribution is -2.40. The van der Waals surface area contributed by atoms with E-state index < -0.39 is 4.92 Å². The summed E-state index contributed by atoms with van der Waals surface area (Å²) in [6.07, 6.45) is 3.55. The molecule has 2 aromatic carbocycles. The van der Waals surface area contributed by atoms with Gasteiger partial charge >= 0.3 is 0 Å². The zero-order valence-electron chi connectivity index (χ0n) is 14.9. The Labute approximate surface area is 157 Å². The number of nitro benzene ring substituents is 1. The summed E-state index contributed by atoms with van der Waals surface area (Å²) in [6.45, 7) is 0.513. The molecule has 2 aliphatic rings. The molecule has 0 bridgehead atoms. The first-order valence-corrected chi connectivity index (χ1v) is 9.21. The summed E-state index contributed by atoms with van der Waals surface area (Å²) in [5.74, 6) is 0.0801. The minimum absolute atomic E-state index is 0.0387. The normalized spacial score (nSPS) is 19.2. The van der Waals surface area contributed by atoms with Crippen molar-refractivity contribution >= 4 is 17.3 Å². The molecular weight excluding hydrogens is 342 g/mol. The van der Waals surface area contributed by atoms with Gasteiger partial charge in [0.25, 0.3) is 11.6 Å². The van der Waals surface area contributed by atoms with Crippen molar-refractivity contribution in [2.45, 2.75) is 38.4 Å². The van der Waals surface area contributed by atoms with Crippen LogP contribution in [0.2, 0.25) is 0 Å². The van der Waals surface area contributed by atoms with Crippen molar-refractivity contribution in [2.24, 2.45) is 0 Å². The molecule has 1 N–H and O–H groups in total. The topological polar surface area (TPSA) is 75.5 Å². The Balaban J connectivity index is 1.65. The third-order valence-corrected chi connectivity index (χ3v) is 5.23. The lowest BCUT2D eigenvalue weighted by molar-refractivity contribution is -0.384. The van der Waals surface area contributed by atoms with Crippen molar-refractivity contribution in [2.75, 3.05) is 5.32 Å². The Morgan fingerprint density at radius 1 is 1.07 bits per heavy atom. The van der Waals surface area contributed by atoms with Gasteiger partial charge in [-0.2, -0.15) is 0 Å². The summed E-state index contributed by atoms with van der Waals surface area (Å²) in [4.78, 5) is 25.6. The summed E-state index contributed by atoms with van der Waals surface area (Å²) >= 11 is 0. The molecule has 1 atom stereocenters. The molecule has 1 heterocycles. The summed E-state index contributed by atoms with van der Waals surface area (Å²) in [5, 5.41) is 14.5. The average Bonchev–Trinajstić information content (AvgIpc) is 2.95. The molecule has 0 saturated carbocycles. The van der Waals surface area contributed by atoms with Crippen LogP contribution in [-0.2, 0) is 11.3 Å². The van der Waals surface area contributed by atoms with Gasteiger partial charge in [0.2, 0.25) is 0 Å². The van der Waals surface area contributed by atoms with E-state index in [0.717, 1.165) is 42.4 Å². The van der Waals surface area contributed by atoms with E-state index in [4.69, 9.17) is 0 Å². The number of carbonyl (C=O) groups excluding carboxylic acids is 1. The van der Waals surface area contributed by atoms with Crippen molar-refractivity contribution in [3.8, 4) is 0 Å². The van der Waals surface area contributed by atoms with Crippen LogP contribution in [0.3, 0.4) is 0 Å². The number of nitro groups is 1. The molecule has 1 aliphatic heterocycles. The summed E-state index contributed by atoms with van der Waals surface area (Å²) in [7, 11) is 0. The van der Waals surface area contributed by atoms with E-state index in [9.17, 15) is 14.9 Å². The fourth-order valence-electron chi connectivity index (χ4n) is 3.93. The number of carbonyl (C=O) groups is 1. The molecule has 0 spiro atoms. The maximum atomic E-state index is 13.0. The molecule has 1 unspecified atom stereocenters. The van der Waals surface area contributed by atoms with Gasteiger partial charge in [-0.05, 0) is 42.9 Å². The van der Waals surface area contributed by atoms with Crippen LogP contribution in [0.4, 0.5) is 11.4 Å². The van der Waals surface area contributed by atoms with Crippen molar-refractivity contribution in [1.82, 2.24) is 4.90 Å². The number of nitrogens with zero attached hydrogens (tertiary/aromatic N) is 2. The number of hydrogen-bond donors (Lipinski definition) is 1. The third kappa shape index (κ3) is 3.43. The predicted octanol–water partition coefficient (Wildman–Crippen LogP) is 4.25. The van der Waals surface area contributed by atoms with Gasteiger partial charge in [-0.3, -0.25) is 14.9 Å². The van der Waals surface area contributed by atoms with E-state index in [1.165, 1.54) is 12.1 Å². The molecule has 0 fully saturated rings. The molecule has 2 aromatic rings. The molecule has 6 heteroatoms. The zero-order valence-corrected chi connectivity index (χ0v) is 14.9. The molecule has 1 amide bonds. The Kier molecular flexibility index (Phi) is 4.62. The number of benzene rings is 2. The maximum Gasteiger partial charge on any atom is 0.271 e. The molecule has 1 aliphatic carbocycles. The zero-order chi connectivity index (χ0) is 18.8. The van der Waals surface area contributed by atoms with Crippen molar-refractivity contribution < 1.29 is 9.72 Å². The highest BCUT2D eigenvalue weighted by atomic mass is 16.6. The monoisotopic (exact) mass is 363 g/mol. The van der Waals surface area contributed by atoms with Gasteiger partial charge in [0.15, 0.2) is 0 Å². The molecule has 27 heavy (non-hydrogen) atoms. The summed E-state index contributed by atoms with van der Waals surface area (Å²) in [6, 6.07) is 16.4. The first-order chi connectivity index (χ1) is 13.1. The van der Waals surface area contributed by atoms with Crippen molar-refractivity contribution in [3.05, 3.63) is 81.4 Å². The quantitative estimate of drug-likeness (QED) is 0.637. The standard InChI is InChI=1S/C21H21N3O3/c25-21-19-12-5-4-11-18(19)20(23(21)14-15-7-2-1-3-8-15)22-16-9-6-10-17(13-16)24(26)27/h1-3,6-10,13,20,22H,4-5,11-12,14H2. The highest BCUT2D eigenvalue weighted by Crippen LogP contribution is 2.38. The number of nitrogens with one attached hydrogen (secondary N) is 1.